The van der Waals surface area contributed by atoms with Crippen molar-refractivity contribution < 1.29 is 13.9 Å². The molecular weight excluding hydrogens is 468 g/mol. The lowest BCUT2D eigenvalue weighted by Crippen LogP contribution is -2.15. The maximum absolute atomic E-state index is 15.4. The van der Waals surface area contributed by atoms with E-state index in [2.05, 4.69) is 18.8 Å². The molecule has 4 nitrogen and oxygen atoms in total. The second kappa shape index (κ2) is 8.52. The van der Waals surface area contributed by atoms with Gasteiger partial charge in [0.2, 0.25) is 0 Å². The van der Waals surface area contributed by atoms with E-state index in [1.54, 1.807) is 35.4 Å². The monoisotopic (exact) mass is 491 g/mol. The van der Waals surface area contributed by atoms with Crippen LogP contribution < -0.4 is 4.90 Å². The van der Waals surface area contributed by atoms with Gasteiger partial charge in [-0.1, -0.05) is 56.3 Å². The van der Waals surface area contributed by atoms with E-state index in [-0.39, 0.29) is 22.4 Å². The molecule has 0 aliphatic heterocycles. The van der Waals surface area contributed by atoms with Crippen LogP contribution in [0, 0.1) is 11.6 Å². The van der Waals surface area contributed by atoms with Gasteiger partial charge in [-0.15, -0.1) is 0 Å². The maximum Gasteiger partial charge on any atom is 0.150 e. The molecule has 0 unspecified atom stereocenters. The predicted molar refractivity (Wildman–Crippen MR) is 141 cm³/mol. The SMILES string of the molecule is CC1(C)c2ccc(-c3cc(N(c4ccccc4)c4ccccn4)c(F)cc3F)nc2-c2c(O)cccc21. The zero-order valence-electron chi connectivity index (χ0n) is 20.3. The van der Waals surface area contributed by atoms with Crippen LogP contribution in [0.2, 0.25) is 0 Å². The summed E-state index contributed by atoms with van der Waals surface area (Å²) in [6.07, 6.45) is 1.63. The number of benzene rings is 3. The van der Waals surface area contributed by atoms with E-state index in [0.29, 0.717) is 28.5 Å². The van der Waals surface area contributed by atoms with E-state index < -0.39 is 11.6 Å². The molecule has 0 saturated heterocycles. The van der Waals surface area contributed by atoms with Gasteiger partial charge in [0, 0.05) is 34.5 Å². The minimum atomic E-state index is -0.725. The van der Waals surface area contributed by atoms with E-state index in [1.807, 2.05) is 54.6 Å². The molecule has 1 N–H and O–H groups in total. The quantitative estimate of drug-likeness (QED) is 0.278. The number of fused-ring (bicyclic) bond motifs is 3. The first-order valence-electron chi connectivity index (χ1n) is 12.0. The highest BCUT2D eigenvalue weighted by Crippen LogP contribution is 2.51. The van der Waals surface area contributed by atoms with Crippen molar-refractivity contribution in [3.05, 3.63) is 120 Å². The molecule has 182 valence electrons. The number of aromatic hydroxyl groups is 1. The Hall–Kier alpha value is -4.58. The van der Waals surface area contributed by atoms with Crippen LogP contribution in [0.15, 0.2) is 97.2 Å². The van der Waals surface area contributed by atoms with Gasteiger partial charge in [0.15, 0.2) is 0 Å². The molecule has 0 atom stereocenters. The number of phenols is 1. The summed E-state index contributed by atoms with van der Waals surface area (Å²) in [6.45, 7) is 4.14. The highest BCUT2D eigenvalue weighted by molar-refractivity contribution is 5.85. The Morgan fingerprint density at radius 1 is 0.784 bits per heavy atom. The van der Waals surface area contributed by atoms with Gasteiger partial charge in [-0.2, -0.15) is 0 Å². The van der Waals surface area contributed by atoms with Crippen LogP contribution in [0.25, 0.3) is 22.5 Å². The molecule has 6 rings (SSSR count). The van der Waals surface area contributed by atoms with Crippen LogP contribution in [-0.2, 0) is 5.41 Å². The first-order valence-corrected chi connectivity index (χ1v) is 12.0. The van der Waals surface area contributed by atoms with Gasteiger partial charge < -0.3 is 5.11 Å². The molecule has 5 aromatic rings. The number of pyridine rings is 2. The molecule has 1 aliphatic carbocycles. The normalized spacial score (nSPS) is 13.2. The molecule has 2 aromatic heterocycles. The number of hydrogen-bond donors (Lipinski definition) is 1. The third-order valence-corrected chi connectivity index (χ3v) is 6.97. The van der Waals surface area contributed by atoms with Gasteiger partial charge in [0.1, 0.15) is 23.2 Å². The first kappa shape index (κ1) is 22.9. The number of halogens is 2. The second-order valence-electron chi connectivity index (χ2n) is 9.56. The molecule has 1 aliphatic rings. The minimum absolute atomic E-state index is 0.125. The molecule has 3 aromatic carbocycles. The summed E-state index contributed by atoms with van der Waals surface area (Å²) in [6, 6.07) is 26.0. The molecule has 0 bridgehead atoms. The molecule has 0 saturated carbocycles. The van der Waals surface area contributed by atoms with Crippen LogP contribution in [0.4, 0.5) is 26.0 Å². The lowest BCUT2D eigenvalue weighted by atomic mass is 9.82. The van der Waals surface area contributed by atoms with Crippen molar-refractivity contribution in [3.63, 3.8) is 0 Å². The maximum atomic E-state index is 15.4. The number of para-hydroxylation sites is 1. The highest BCUT2D eigenvalue weighted by atomic mass is 19.1. The summed E-state index contributed by atoms with van der Waals surface area (Å²) >= 11 is 0. The summed E-state index contributed by atoms with van der Waals surface area (Å²) in [5.41, 5.74) is 4.10. The first-order chi connectivity index (χ1) is 17.9. The average Bonchev–Trinajstić information content (AvgIpc) is 3.14. The minimum Gasteiger partial charge on any atom is -0.507 e. The highest BCUT2D eigenvalue weighted by Gasteiger charge is 2.38. The number of hydrogen-bond acceptors (Lipinski definition) is 4. The standard InChI is InChI=1S/C31H23F2N3O/c1-31(2)21-11-8-12-27(37)29(21)30-22(31)14-15-25(35-30)20-17-26(24(33)18-23(20)32)36(19-9-4-3-5-10-19)28-13-6-7-16-34-28/h3-18,37H,1-2H3. The van der Waals surface area contributed by atoms with Gasteiger partial charge in [-0.25, -0.2) is 18.7 Å². The Bertz CT molecular complexity index is 1600. The molecule has 6 heteroatoms. The van der Waals surface area contributed by atoms with Crippen LogP contribution in [0.5, 0.6) is 5.75 Å². The van der Waals surface area contributed by atoms with Gasteiger partial charge in [-0.05, 0) is 53.6 Å². The summed E-state index contributed by atoms with van der Waals surface area (Å²) in [5.74, 6) is -0.828. The zero-order chi connectivity index (χ0) is 25.7. The Morgan fingerprint density at radius 3 is 2.32 bits per heavy atom. The summed E-state index contributed by atoms with van der Waals surface area (Å²) in [5, 5.41) is 10.7. The molecule has 0 radical (unpaired) electrons. The van der Waals surface area contributed by atoms with Gasteiger partial charge >= 0.3 is 0 Å². The fourth-order valence-electron chi connectivity index (χ4n) is 5.12. The number of rotatable bonds is 4. The smallest absolute Gasteiger partial charge is 0.150 e. The second-order valence-corrected chi connectivity index (χ2v) is 9.56. The number of aromatic nitrogens is 2. The van der Waals surface area contributed by atoms with E-state index >= 15 is 8.78 Å². The van der Waals surface area contributed by atoms with Crippen molar-refractivity contribution in [2.24, 2.45) is 0 Å². The number of nitrogens with zero attached hydrogens (tertiary/aromatic N) is 3. The average molecular weight is 492 g/mol. The molecule has 0 fully saturated rings. The van der Waals surface area contributed by atoms with E-state index in [4.69, 9.17) is 4.98 Å². The third-order valence-electron chi connectivity index (χ3n) is 6.97. The topological polar surface area (TPSA) is 49.2 Å². The molecular formula is C31H23F2N3O. The Balaban J connectivity index is 1.55. The molecule has 0 amide bonds. The Morgan fingerprint density at radius 2 is 1.57 bits per heavy atom. The van der Waals surface area contributed by atoms with Crippen LogP contribution >= 0.6 is 0 Å². The molecule has 37 heavy (non-hydrogen) atoms. The van der Waals surface area contributed by atoms with Crippen molar-refractivity contribution in [2.45, 2.75) is 19.3 Å². The number of anilines is 3. The van der Waals surface area contributed by atoms with Crippen molar-refractivity contribution in [3.8, 4) is 28.3 Å². The van der Waals surface area contributed by atoms with Crippen molar-refractivity contribution in [1.82, 2.24) is 9.97 Å². The van der Waals surface area contributed by atoms with Crippen molar-refractivity contribution in [2.75, 3.05) is 4.90 Å². The lowest BCUT2D eigenvalue weighted by Gasteiger charge is -2.25. The lowest BCUT2D eigenvalue weighted by molar-refractivity contribution is 0.476. The molecule has 0 spiro atoms. The van der Waals surface area contributed by atoms with Gasteiger partial charge in [0.25, 0.3) is 0 Å². The fraction of sp³-hybridized carbons (Fsp3) is 0.0968. The van der Waals surface area contributed by atoms with Crippen LogP contribution in [0.3, 0.4) is 0 Å². The predicted octanol–water partition coefficient (Wildman–Crippen LogP) is 7.90. The fourth-order valence-corrected chi connectivity index (χ4v) is 5.12. The van der Waals surface area contributed by atoms with Crippen LogP contribution in [-0.4, -0.2) is 15.1 Å². The van der Waals surface area contributed by atoms with Gasteiger partial charge in [-0.3, -0.25) is 4.90 Å². The summed E-state index contributed by atoms with van der Waals surface area (Å²) in [7, 11) is 0. The van der Waals surface area contributed by atoms with Crippen molar-refractivity contribution in [1.29, 1.82) is 0 Å². The Kier molecular flexibility index (Phi) is 5.26. The van der Waals surface area contributed by atoms with E-state index in [0.717, 1.165) is 17.2 Å². The summed E-state index contributed by atoms with van der Waals surface area (Å²) in [4.78, 5) is 10.9. The Labute approximate surface area is 213 Å². The van der Waals surface area contributed by atoms with Crippen LogP contribution in [0.1, 0.15) is 25.0 Å². The molecule has 2 heterocycles. The zero-order valence-corrected chi connectivity index (χ0v) is 20.3. The van der Waals surface area contributed by atoms with Gasteiger partial charge in [0.05, 0.1) is 17.1 Å². The largest absolute Gasteiger partial charge is 0.507 e. The number of phenolic OH excluding ortho intramolecular Hbond substituents is 1. The van der Waals surface area contributed by atoms with E-state index in [1.165, 1.54) is 6.07 Å². The summed E-state index contributed by atoms with van der Waals surface area (Å²) < 4.78 is 30.7. The third kappa shape index (κ3) is 3.64. The van der Waals surface area contributed by atoms with Crippen molar-refractivity contribution >= 4 is 17.2 Å². The van der Waals surface area contributed by atoms with E-state index in [9.17, 15) is 5.11 Å².